The van der Waals surface area contributed by atoms with Crippen LogP contribution in [0.2, 0.25) is 0 Å². The first-order chi connectivity index (χ1) is 8.63. The van der Waals surface area contributed by atoms with E-state index in [0.717, 1.165) is 19.4 Å². The molecule has 1 amide bonds. The quantitative estimate of drug-likeness (QED) is 0.850. The molecule has 1 aliphatic heterocycles. The SMILES string of the molecule is O=C(CN1CCC[C@H](O)C1)Nc1cccc(F)c1. The van der Waals surface area contributed by atoms with Crippen molar-refractivity contribution in [3.05, 3.63) is 30.1 Å². The lowest BCUT2D eigenvalue weighted by Crippen LogP contribution is -2.42. The number of hydrogen-bond acceptors (Lipinski definition) is 3. The summed E-state index contributed by atoms with van der Waals surface area (Å²) in [5.74, 6) is -0.559. The Morgan fingerprint density at radius 2 is 2.39 bits per heavy atom. The highest BCUT2D eigenvalue weighted by Gasteiger charge is 2.19. The number of anilines is 1. The molecule has 0 saturated carbocycles. The molecule has 2 N–H and O–H groups in total. The Bertz CT molecular complexity index is 425. The number of halogens is 1. The minimum absolute atomic E-state index is 0.185. The van der Waals surface area contributed by atoms with Crippen molar-refractivity contribution in [3.63, 3.8) is 0 Å². The van der Waals surface area contributed by atoms with Crippen LogP contribution in [0, 0.1) is 5.82 Å². The van der Waals surface area contributed by atoms with Crippen LogP contribution in [0.15, 0.2) is 24.3 Å². The summed E-state index contributed by atoms with van der Waals surface area (Å²) in [4.78, 5) is 13.6. The second kappa shape index (κ2) is 5.93. The Hall–Kier alpha value is -1.46. The van der Waals surface area contributed by atoms with Gasteiger partial charge in [-0.3, -0.25) is 9.69 Å². The van der Waals surface area contributed by atoms with Crippen LogP contribution in [0.3, 0.4) is 0 Å². The molecule has 1 atom stereocenters. The number of rotatable bonds is 3. The van der Waals surface area contributed by atoms with Crippen LogP contribution in [0.25, 0.3) is 0 Å². The van der Waals surface area contributed by atoms with Crippen LogP contribution in [0.1, 0.15) is 12.8 Å². The molecule has 1 aromatic carbocycles. The van der Waals surface area contributed by atoms with Gasteiger partial charge in [0.25, 0.3) is 0 Å². The Morgan fingerprint density at radius 1 is 1.56 bits per heavy atom. The molecular formula is C13H17FN2O2. The lowest BCUT2D eigenvalue weighted by Gasteiger charge is -2.29. The van der Waals surface area contributed by atoms with Crippen LogP contribution in [0.5, 0.6) is 0 Å². The van der Waals surface area contributed by atoms with Crippen LogP contribution in [0.4, 0.5) is 10.1 Å². The molecule has 18 heavy (non-hydrogen) atoms. The smallest absolute Gasteiger partial charge is 0.238 e. The maximum atomic E-state index is 12.9. The second-order valence-corrected chi connectivity index (χ2v) is 4.59. The Morgan fingerprint density at radius 3 is 3.11 bits per heavy atom. The van der Waals surface area contributed by atoms with Gasteiger partial charge in [0.15, 0.2) is 0 Å². The maximum Gasteiger partial charge on any atom is 0.238 e. The number of hydrogen-bond donors (Lipinski definition) is 2. The fourth-order valence-electron chi connectivity index (χ4n) is 2.14. The average Bonchev–Trinajstić information content (AvgIpc) is 2.28. The number of piperidine rings is 1. The number of likely N-dealkylation sites (tertiary alicyclic amines) is 1. The number of carbonyl (C=O) groups is 1. The predicted molar refractivity (Wildman–Crippen MR) is 66.7 cm³/mol. The third kappa shape index (κ3) is 3.78. The Balaban J connectivity index is 1.85. The number of nitrogens with one attached hydrogen (secondary N) is 1. The number of aliphatic hydroxyl groups excluding tert-OH is 1. The molecule has 1 aliphatic rings. The molecular weight excluding hydrogens is 235 g/mol. The summed E-state index contributed by atoms with van der Waals surface area (Å²) in [7, 11) is 0. The molecule has 0 bridgehead atoms. The van der Waals surface area contributed by atoms with E-state index in [1.807, 2.05) is 4.90 Å². The number of carbonyl (C=O) groups excluding carboxylic acids is 1. The number of amides is 1. The molecule has 0 radical (unpaired) electrons. The first-order valence-corrected chi connectivity index (χ1v) is 6.09. The standard InChI is InChI=1S/C13H17FN2O2/c14-10-3-1-4-11(7-10)15-13(18)9-16-6-2-5-12(17)8-16/h1,3-4,7,12,17H,2,5-6,8-9H2,(H,15,18)/t12-/m0/s1. The Kier molecular flexibility index (Phi) is 4.28. The van der Waals surface area contributed by atoms with E-state index in [9.17, 15) is 14.3 Å². The molecule has 0 spiro atoms. The predicted octanol–water partition coefficient (Wildman–Crippen LogP) is 1.22. The van der Waals surface area contributed by atoms with Crippen LogP contribution in [-0.4, -0.2) is 41.7 Å². The average molecular weight is 252 g/mol. The monoisotopic (exact) mass is 252 g/mol. The van der Waals surface area contributed by atoms with E-state index >= 15 is 0 Å². The van der Waals surface area contributed by atoms with Crippen LogP contribution >= 0.6 is 0 Å². The minimum Gasteiger partial charge on any atom is -0.392 e. The van der Waals surface area contributed by atoms with E-state index in [2.05, 4.69) is 5.32 Å². The first-order valence-electron chi connectivity index (χ1n) is 6.09. The van der Waals surface area contributed by atoms with Crippen molar-refractivity contribution in [1.82, 2.24) is 4.90 Å². The van der Waals surface area contributed by atoms with Gasteiger partial charge in [-0.25, -0.2) is 4.39 Å². The van der Waals surface area contributed by atoms with Gasteiger partial charge in [-0.1, -0.05) is 6.07 Å². The molecule has 1 fully saturated rings. The Labute approximate surface area is 105 Å². The minimum atomic E-state index is -0.374. The van der Waals surface area contributed by atoms with Crippen molar-refractivity contribution in [2.75, 3.05) is 25.0 Å². The molecule has 0 aromatic heterocycles. The number of benzene rings is 1. The summed E-state index contributed by atoms with van der Waals surface area (Å²) in [6.45, 7) is 1.57. The number of nitrogens with zero attached hydrogens (tertiary/aromatic N) is 1. The third-order valence-corrected chi connectivity index (χ3v) is 2.96. The molecule has 98 valence electrons. The van der Waals surface area contributed by atoms with Gasteiger partial charge in [-0.05, 0) is 37.6 Å². The normalized spacial score (nSPS) is 20.7. The molecule has 1 heterocycles. The van der Waals surface area contributed by atoms with E-state index in [4.69, 9.17) is 0 Å². The van der Waals surface area contributed by atoms with Crippen molar-refractivity contribution in [2.45, 2.75) is 18.9 Å². The summed E-state index contributed by atoms with van der Waals surface area (Å²) >= 11 is 0. The molecule has 2 rings (SSSR count). The zero-order chi connectivity index (χ0) is 13.0. The van der Waals surface area contributed by atoms with Gasteiger partial charge in [0.1, 0.15) is 5.82 Å². The van der Waals surface area contributed by atoms with E-state index in [0.29, 0.717) is 12.2 Å². The molecule has 0 aliphatic carbocycles. The summed E-state index contributed by atoms with van der Waals surface area (Å²) in [6.07, 6.45) is 1.34. The van der Waals surface area contributed by atoms with E-state index < -0.39 is 0 Å². The summed E-state index contributed by atoms with van der Waals surface area (Å²) in [6, 6.07) is 5.81. The van der Waals surface area contributed by atoms with Crippen LogP contribution < -0.4 is 5.32 Å². The third-order valence-electron chi connectivity index (χ3n) is 2.96. The van der Waals surface area contributed by atoms with Crippen molar-refractivity contribution in [3.8, 4) is 0 Å². The molecule has 1 saturated heterocycles. The lowest BCUT2D eigenvalue weighted by molar-refractivity contribution is -0.118. The van der Waals surface area contributed by atoms with Gasteiger partial charge in [-0.2, -0.15) is 0 Å². The number of β-amino-alcohol motifs (C(OH)–C–C–N with tert-alkyl or cyclic N) is 1. The van der Waals surface area contributed by atoms with Crippen molar-refractivity contribution in [1.29, 1.82) is 0 Å². The van der Waals surface area contributed by atoms with Crippen molar-refractivity contribution < 1.29 is 14.3 Å². The summed E-state index contributed by atoms with van der Waals surface area (Å²) in [5.41, 5.74) is 0.456. The van der Waals surface area contributed by atoms with Gasteiger partial charge < -0.3 is 10.4 Å². The topological polar surface area (TPSA) is 52.6 Å². The molecule has 0 unspecified atom stereocenters. The fraction of sp³-hybridized carbons (Fsp3) is 0.462. The number of aliphatic hydroxyl groups is 1. The zero-order valence-electron chi connectivity index (χ0n) is 10.1. The first kappa shape index (κ1) is 13.0. The molecule has 5 heteroatoms. The largest absolute Gasteiger partial charge is 0.392 e. The summed E-state index contributed by atoms with van der Waals surface area (Å²) < 4.78 is 12.9. The van der Waals surface area contributed by atoms with Gasteiger partial charge in [0.2, 0.25) is 5.91 Å². The van der Waals surface area contributed by atoms with Gasteiger partial charge in [-0.15, -0.1) is 0 Å². The van der Waals surface area contributed by atoms with Gasteiger partial charge in [0, 0.05) is 12.2 Å². The highest BCUT2D eigenvalue weighted by atomic mass is 19.1. The molecule has 4 nitrogen and oxygen atoms in total. The zero-order valence-corrected chi connectivity index (χ0v) is 10.1. The second-order valence-electron chi connectivity index (χ2n) is 4.59. The van der Waals surface area contributed by atoms with Gasteiger partial charge >= 0.3 is 0 Å². The fourth-order valence-corrected chi connectivity index (χ4v) is 2.14. The van der Waals surface area contributed by atoms with E-state index in [1.165, 1.54) is 12.1 Å². The van der Waals surface area contributed by atoms with Gasteiger partial charge in [0.05, 0.1) is 12.6 Å². The maximum absolute atomic E-state index is 12.9. The highest BCUT2D eigenvalue weighted by Crippen LogP contribution is 2.11. The van der Waals surface area contributed by atoms with E-state index in [1.54, 1.807) is 12.1 Å². The lowest BCUT2D eigenvalue weighted by atomic mass is 10.1. The van der Waals surface area contributed by atoms with E-state index in [-0.39, 0.29) is 24.4 Å². The van der Waals surface area contributed by atoms with Crippen LogP contribution in [-0.2, 0) is 4.79 Å². The summed E-state index contributed by atoms with van der Waals surface area (Å²) in [5, 5.41) is 12.1. The highest BCUT2D eigenvalue weighted by molar-refractivity contribution is 5.92. The van der Waals surface area contributed by atoms with Crippen molar-refractivity contribution >= 4 is 11.6 Å². The molecule has 1 aromatic rings. The van der Waals surface area contributed by atoms with Crippen molar-refractivity contribution in [2.24, 2.45) is 0 Å².